The molecule has 4 rings (SSSR count). The fraction of sp³-hybridized carbons (Fsp3) is 0.704. The number of hydrogen-bond acceptors (Lipinski definition) is 4. The maximum atomic E-state index is 13.8. The molecule has 34 heavy (non-hydrogen) atoms. The van der Waals surface area contributed by atoms with E-state index in [0.717, 1.165) is 82.9 Å². The second-order valence-corrected chi connectivity index (χ2v) is 10.8. The fourth-order valence-electron chi connectivity index (χ4n) is 5.92. The van der Waals surface area contributed by atoms with Crippen LogP contribution in [0.5, 0.6) is 0 Å². The average Bonchev–Trinajstić information content (AvgIpc) is 3.15. The molecule has 0 aromatic heterocycles. The smallest absolute Gasteiger partial charge is 0.241 e. The maximum Gasteiger partial charge on any atom is 0.241 e. The van der Waals surface area contributed by atoms with Crippen LogP contribution >= 0.6 is 12.2 Å². The quantitative estimate of drug-likeness (QED) is 0.576. The molecule has 3 aliphatic rings. The Morgan fingerprint density at radius 3 is 2.44 bits per heavy atom. The number of carbonyl (C=O) groups is 1. The lowest BCUT2D eigenvalue weighted by molar-refractivity contribution is -0.138. The van der Waals surface area contributed by atoms with Crippen LogP contribution in [0, 0.1) is 5.92 Å². The highest BCUT2D eigenvalue weighted by molar-refractivity contribution is 7.80. The van der Waals surface area contributed by atoms with E-state index >= 15 is 0 Å². The van der Waals surface area contributed by atoms with Crippen LogP contribution in [0.4, 0.5) is 0 Å². The lowest BCUT2D eigenvalue weighted by Gasteiger charge is -2.49. The van der Waals surface area contributed by atoms with Gasteiger partial charge in [0, 0.05) is 58.2 Å². The van der Waals surface area contributed by atoms with Crippen molar-refractivity contribution in [3.05, 3.63) is 35.9 Å². The normalized spacial score (nSPS) is 24.6. The van der Waals surface area contributed by atoms with Crippen LogP contribution in [-0.2, 0) is 11.3 Å². The molecular weight excluding hydrogens is 442 g/mol. The summed E-state index contributed by atoms with van der Waals surface area (Å²) in [6.45, 7) is 12.4. The molecule has 1 amide bonds. The number of piperidine rings is 2. The number of likely N-dealkylation sites (tertiary alicyclic amines) is 2. The molecule has 7 heteroatoms. The molecule has 1 aromatic carbocycles. The van der Waals surface area contributed by atoms with Gasteiger partial charge in [0.15, 0.2) is 5.11 Å². The Hall–Kier alpha value is -1.70. The van der Waals surface area contributed by atoms with E-state index in [1.54, 1.807) is 0 Å². The third-order valence-corrected chi connectivity index (χ3v) is 8.58. The molecule has 1 spiro atoms. The van der Waals surface area contributed by atoms with E-state index < -0.39 is 0 Å². The first-order valence-electron chi connectivity index (χ1n) is 13.4. The number of nitrogens with zero attached hydrogens (tertiary/aromatic N) is 3. The maximum absolute atomic E-state index is 13.8. The molecule has 0 saturated carbocycles. The number of amides is 1. The van der Waals surface area contributed by atoms with Crippen molar-refractivity contribution in [2.24, 2.45) is 5.92 Å². The Labute approximate surface area is 211 Å². The van der Waals surface area contributed by atoms with Gasteiger partial charge in [0.2, 0.25) is 5.91 Å². The summed E-state index contributed by atoms with van der Waals surface area (Å²) in [5.74, 6) is 0.675. The lowest BCUT2D eigenvalue weighted by Crippen LogP contribution is -2.63. The molecule has 0 aliphatic carbocycles. The van der Waals surface area contributed by atoms with Crippen LogP contribution in [0.15, 0.2) is 30.3 Å². The zero-order chi connectivity index (χ0) is 24.1. The summed E-state index contributed by atoms with van der Waals surface area (Å²) in [5.41, 5.74) is 1.14. The number of nitrogens with one attached hydrogen (secondary N) is 2. The number of benzene rings is 1. The van der Waals surface area contributed by atoms with E-state index in [0.29, 0.717) is 17.9 Å². The summed E-state index contributed by atoms with van der Waals surface area (Å²) in [5, 5.41) is 8.12. The minimum atomic E-state index is -0.228. The Balaban J connectivity index is 1.43. The van der Waals surface area contributed by atoms with E-state index in [9.17, 15) is 4.79 Å². The molecule has 3 heterocycles. The summed E-state index contributed by atoms with van der Waals surface area (Å²) in [6.07, 6.45) is 6.06. The minimum absolute atomic E-state index is 0.0657. The summed E-state index contributed by atoms with van der Waals surface area (Å²) >= 11 is 5.64. The van der Waals surface area contributed by atoms with Gasteiger partial charge in [0.1, 0.15) is 0 Å². The first kappa shape index (κ1) is 25.4. The van der Waals surface area contributed by atoms with Gasteiger partial charge in [-0.1, -0.05) is 57.5 Å². The van der Waals surface area contributed by atoms with Crippen LogP contribution < -0.4 is 10.6 Å². The molecule has 0 unspecified atom stereocenters. The van der Waals surface area contributed by atoms with Crippen molar-refractivity contribution >= 4 is 23.2 Å². The second-order valence-electron chi connectivity index (χ2n) is 10.5. The largest absolute Gasteiger partial charge is 0.363 e. The molecule has 3 fully saturated rings. The predicted molar refractivity (Wildman–Crippen MR) is 142 cm³/mol. The van der Waals surface area contributed by atoms with Crippen LogP contribution in [0.2, 0.25) is 0 Å². The predicted octanol–water partition coefficient (Wildman–Crippen LogP) is 3.57. The van der Waals surface area contributed by atoms with Crippen LogP contribution in [0.3, 0.4) is 0 Å². The van der Waals surface area contributed by atoms with Crippen molar-refractivity contribution in [1.29, 1.82) is 0 Å². The molecule has 1 aromatic rings. The third kappa shape index (κ3) is 5.42. The molecule has 3 saturated heterocycles. The summed E-state index contributed by atoms with van der Waals surface area (Å²) in [6, 6.07) is 11.0. The molecule has 188 valence electrons. The number of thiocarbonyl (C=S) groups is 1. The van der Waals surface area contributed by atoms with Gasteiger partial charge in [-0.25, -0.2) is 0 Å². The first-order valence-corrected chi connectivity index (χ1v) is 13.8. The highest BCUT2D eigenvalue weighted by Gasteiger charge is 2.55. The standard InChI is InChI=1S/C27H43N5OS/c1-4-15-28-26(34)31-18-13-27(14-19-31)29-24(21(3)5-2)25(33)32(27)23-11-16-30(17-12-23)20-22-9-7-6-8-10-22/h6-10,21,23-24,29H,4-5,11-20H2,1-3H3,(H,28,34)/t21-,24-/m0/s1. The Morgan fingerprint density at radius 2 is 1.82 bits per heavy atom. The monoisotopic (exact) mass is 485 g/mol. The zero-order valence-corrected chi connectivity index (χ0v) is 22.1. The zero-order valence-electron chi connectivity index (χ0n) is 21.3. The van der Waals surface area contributed by atoms with E-state index in [-0.39, 0.29) is 11.7 Å². The Kier molecular flexibility index (Phi) is 8.48. The van der Waals surface area contributed by atoms with Crippen molar-refractivity contribution in [2.75, 3.05) is 32.7 Å². The van der Waals surface area contributed by atoms with E-state index in [2.05, 4.69) is 76.4 Å². The molecule has 0 radical (unpaired) electrons. The minimum Gasteiger partial charge on any atom is -0.363 e. The van der Waals surface area contributed by atoms with Crippen molar-refractivity contribution in [1.82, 2.24) is 25.3 Å². The van der Waals surface area contributed by atoms with Crippen molar-refractivity contribution in [2.45, 2.75) is 83.6 Å². The molecule has 2 N–H and O–H groups in total. The van der Waals surface area contributed by atoms with Crippen LogP contribution in [-0.4, -0.2) is 76.2 Å². The summed E-state index contributed by atoms with van der Waals surface area (Å²) in [4.78, 5) is 20.9. The topological polar surface area (TPSA) is 50.9 Å². The van der Waals surface area contributed by atoms with Gasteiger partial charge in [-0.15, -0.1) is 0 Å². The van der Waals surface area contributed by atoms with Gasteiger partial charge < -0.3 is 15.1 Å². The van der Waals surface area contributed by atoms with Gasteiger partial charge in [-0.3, -0.25) is 15.0 Å². The first-order chi connectivity index (χ1) is 16.5. The van der Waals surface area contributed by atoms with Crippen molar-refractivity contribution in [3.63, 3.8) is 0 Å². The second kappa shape index (κ2) is 11.4. The fourth-order valence-corrected chi connectivity index (χ4v) is 6.20. The molecule has 0 bridgehead atoms. The molecule has 3 aliphatic heterocycles. The summed E-state index contributed by atoms with van der Waals surface area (Å²) in [7, 11) is 0. The van der Waals surface area contributed by atoms with E-state index in [4.69, 9.17) is 12.2 Å². The van der Waals surface area contributed by atoms with Crippen molar-refractivity contribution in [3.8, 4) is 0 Å². The number of carbonyl (C=O) groups excluding carboxylic acids is 1. The Bertz CT molecular complexity index is 818. The van der Waals surface area contributed by atoms with Crippen LogP contribution in [0.1, 0.15) is 64.9 Å². The van der Waals surface area contributed by atoms with Gasteiger partial charge in [-0.2, -0.15) is 0 Å². The van der Waals surface area contributed by atoms with Crippen molar-refractivity contribution < 1.29 is 4.79 Å². The Morgan fingerprint density at radius 1 is 1.15 bits per heavy atom. The average molecular weight is 486 g/mol. The highest BCUT2D eigenvalue weighted by Crippen LogP contribution is 2.38. The molecule has 2 atom stereocenters. The summed E-state index contributed by atoms with van der Waals surface area (Å²) < 4.78 is 0. The number of hydrogen-bond donors (Lipinski definition) is 2. The van der Waals surface area contributed by atoms with Gasteiger partial charge in [0.05, 0.1) is 11.7 Å². The van der Waals surface area contributed by atoms with E-state index in [1.165, 1.54) is 5.56 Å². The third-order valence-electron chi connectivity index (χ3n) is 8.18. The SMILES string of the molecule is CCCNC(=S)N1CCC2(CC1)N[C@@H]([C@@H](C)CC)C(=O)N2C1CCN(Cc2ccccc2)CC1. The van der Waals surface area contributed by atoms with Crippen LogP contribution in [0.25, 0.3) is 0 Å². The number of rotatable bonds is 7. The highest BCUT2D eigenvalue weighted by atomic mass is 32.1. The van der Waals surface area contributed by atoms with Gasteiger partial charge in [-0.05, 0) is 43.0 Å². The van der Waals surface area contributed by atoms with Gasteiger partial charge >= 0.3 is 0 Å². The molecule has 6 nitrogen and oxygen atoms in total. The van der Waals surface area contributed by atoms with E-state index in [1.807, 2.05) is 0 Å². The molecular formula is C27H43N5OS. The lowest BCUT2D eigenvalue weighted by atomic mass is 9.92. The van der Waals surface area contributed by atoms with Gasteiger partial charge in [0.25, 0.3) is 0 Å².